The van der Waals surface area contributed by atoms with Crippen LogP contribution in [0.1, 0.15) is 45.7 Å². The fourth-order valence-electron chi connectivity index (χ4n) is 4.41. The molecule has 0 saturated carbocycles. The summed E-state index contributed by atoms with van der Waals surface area (Å²) in [6.45, 7) is 9.93. The third-order valence-electron chi connectivity index (χ3n) is 6.20. The summed E-state index contributed by atoms with van der Waals surface area (Å²) in [7, 11) is 0. The summed E-state index contributed by atoms with van der Waals surface area (Å²) in [4.78, 5) is 47.3. The Balaban J connectivity index is 1.72. The molecule has 1 saturated heterocycles. The second-order valence-electron chi connectivity index (χ2n) is 9.35. The van der Waals surface area contributed by atoms with Crippen molar-refractivity contribution < 1.29 is 14.4 Å². The number of urea groups is 1. The zero-order valence-electron chi connectivity index (χ0n) is 18.5. The Bertz CT molecular complexity index is 1110. The van der Waals surface area contributed by atoms with Crippen LogP contribution in [0.3, 0.4) is 0 Å². The van der Waals surface area contributed by atoms with Gasteiger partial charge in [-0.2, -0.15) is 0 Å². The molecular formula is C23H27N5O3. The number of hydrogen-bond acceptors (Lipinski definition) is 5. The molecule has 0 radical (unpaired) electrons. The molecule has 2 aliphatic rings. The van der Waals surface area contributed by atoms with E-state index in [1.807, 2.05) is 6.07 Å². The van der Waals surface area contributed by atoms with E-state index in [4.69, 9.17) is 5.73 Å². The quantitative estimate of drug-likeness (QED) is 0.768. The minimum atomic E-state index is -1.03. The van der Waals surface area contributed by atoms with Crippen LogP contribution < -0.4 is 15.5 Å². The number of rotatable bonds is 3. The number of carbonyl (C=O) groups is 3. The number of aromatic nitrogens is 1. The fourth-order valence-corrected chi connectivity index (χ4v) is 4.41. The largest absolute Gasteiger partial charge is 0.384 e. The molecule has 4 rings (SSSR count). The number of benzene rings is 1. The van der Waals surface area contributed by atoms with Gasteiger partial charge >= 0.3 is 6.03 Å². The van der Waals surface area contributed by atoms with Gasteiger partial charge in [0.05, 0.1) is 5.69 Å². The van der Waals surface area contributed by atoms with Crippen molar-refractivity contribution in [3.8, 4) is 0 Å². The van der Waals surface area contributed by atoms with Crippen molar-refractivity contribution in [1.82, 2.24) is 9.88 Å². The second-order valence-corrected chi connectivity index (χ2v) is 9.35. The molecule has 1 aromatic heterocycles. The summed E-state index contributed by atoms with van der Waals surface area (Å²) in [6, 6.07) is 8.52. The minimum Gasteiger partial charge on any atom is -0.384 e. The molecule has 8 heteroatoms. The summed E-state index contributed by atoms with van der Waals surface area (Å²) >= 11 is 0. The van der Waals surface area contributed by atoms with Crippen LogP contribution in [0.15, 0.2) is 36.5 Å². The number of fused-ring (bicyclic) bond motifs is 1. The van der Waals surface area contributed by atoms with Crippen LogP contribution >= 0.6 is 0 Å². The Labute approximate surface area is 181 Å². The molecule has 2 N–H and O–H groups in total. The topological polar surface area (TPSA) is 99.8 Å². The Morgan fingerprint density at radius 1 is 1.13 bits per heavy atom. The van der Waals surface area contributed by atoms with E-state index in [2.05, 4.69) is 18.8 Å². The zero-order chi connectivity index (χ0) is 22.7. The van der Waals surface area contributed by atoms with E-state index in [0.29, 0.717) is 18.1 Å². The second kappa shape index (κ2) is 6.80. The van der Waals surface area contributed by atoms with Gasteiger partial charge < -0.3 is 15.5 Å². The number of carbonyl (C=O) groups excluding carboxylic acids is 3. The highest BCUT2D eigenvalue weighted by molar-refractivity contribution is 6.23. The molecule has 0 unspecified atom stereocenters. The van der Waals surface area contributed by atoms with Crippen molar-refractivity contribution in [2.45, 2.75) is 52.1 Å². The highest BCUT2D eigenvalue weighted by atomic mass is 16.2. The van der Waals surface area contributed by atoms with Crippen LogP contribution in [-0.2, 0) is 21.5 Å². The molecule has 31 heavy (non-hydrogen) atoms. The molecule has 3 heterocycles. The molecule has 0 aliphatic carbocycles. The number of pyridine rings is 1. The van der Waals surface area contributed by atoms with E-state index in [1.165, 1.54) is 16.7 Å². The van der Waals surface area contributed by atoms with E-state index in [9.17, 15) is 14.4 Å². The van der Waals surface area contributed by atoms with Crippen molar-refractivity contribution in [1.29, 1.82) is 0 Å². The molecule has 1 fully saturated rings. The molecule has 162 valence electrons. The molecule has 0 spiro atoms. The van der Waals surface area contributed by atoms with Gasteiger partial charge in [-0.15, -0.1) is 0 Å². The Morgan fingerprint density at radius 2 is 1.84 bits per heavy atom. The van der Waals surface area contributed by atoms with Crippen molar-refractivity contribution in [3.05, 3.63) is 47.7 Å². The van der Waals surface area contributed by atoms with Gasteiger partial charge in [0.1, 0.15) is 11.4 Å². The molecule has 2 aliphatic heterocycles. The van der Waals surface area contributed by atoms with E-state index in [-0.39, 0.29) is 23.8 Å². The van der Waals surface area contributed by atoms with Gasteiger partial charge in [0.15, 0.2) is 0 Å². The van der Waals surface area contributed by atoms with Crippen LogP contribution in [0.5, 0.6) is 0 Å². The third kappa shape index (κ3) is 3.22. The van der Waals surface area contributed by atoms with E-state index < -0.39 is 11.6 Å². The maximum atomic E-state index is 13.4. The number of hydrogen-bond donors (Lipinski definition) is 1. The van der Waals surface area contributed by atoms with Crippen molar-refractivity contribution >= 4 is 35.0 Å². The molecule has 1 aromatic carbocycles. The summed E-state index contributed by atoms with van der Waals surface area (Å²) in [5, 5.41) is 0. The summed E-state index contributed by atoms with van der Waals surface area (Å²) in [6.07, 6.45) is 1.58. The first-order valence-corrected chi connectivity index (χ1v) is 10.2. The predicted octanol–water partition coefficient (Wildman–Crippen LogP) is 3.06. The van der Waals surface area contributed by atoms with Crippen LogP contribution in [0.4, 0.5) is 22.0 Å². The molecule has 0 bridgehead atoms. The van der Waals surface area contributed by atoms with Crippen molar-refractivity contribution in [3.63, 3.8) is 0 Å². The average Bonchev–Trinajstić information content (AvgIpc) is 3.05. The van der Waals surface area contributed by atoms with E-state index >= 15 is 0 Å². The molecule has 8 nitrogen and oxygen atoms in total. The maximum absolute atomic E-state index is 13.4. The number of imide groups is 1. The lowest BCUT2D eigenvalue weighted by atomic mass is 9.87. The highest BCUT2D eigenvalue weighted by Gasteiger charge is 2.52. The van der Waals surface area contributed by atoms with Gasteiger partial charge in [-0.1, -0.05) is 19.9 Å². The lowest BCUT2D eigenvalue weighted by Gasteiger charge is -2.27. The van der Waals surface area contributed by atoms with Gasteiger partial charge in [-0.3, -0.25) is 9.59 Å². The van der Waals surface area contributed by atoms with Gasteiger partial charge in [-0.05, 0) is 49.2 Å². The van der Waals surface area contributed by atoms with Gasteiger partial charge in [0.2, 0.25) is 5.91 Å². The normalized spacial score (nSPS) is 19.2. The van der Waals surface area contributed by atoms with Crippen LogP contribution in [0.2, 0.25) is 0 Å². The lowest BCUT2D eigenvalue weighted by Crippen LogP contribution is -2.43. The van der Waals surface area contributed by atoms with Crippen molar-refractivity contribution in [2.24, 2.45) is 0 Å². The molecule has 4 amide bonds. The molecule has 2 aromatic rings. The number of amides is 4. The summed E-state index contributed by atoms with van der Waals surface area (Å²) in [5.41, 5.74) is 7.55. The predicted molar refractivity (Wildman–Crippen MR) is 119 cm³/mol. The number of nitrogen functional groups attached to an aromatic ring is 1. The lowest BCUT2D eigenvalue weighted by molar-refractivity contribution is -0.123. The average molecular weight is 422 g/mol. The highest BCUT2D eigenvalue weighted by Crippen LogP contribution is 2.43. The Morgan fingerprint density at radius 3 is 2.48 bits per heavy atom. The summed E-state index contributed by atoms with van der Waals surface area (Å²) in [5.74, 6) is -0.0258. The third-order valence-corrected chi connectivity index (χ3v) is 6.20. The Kier molecular flexibility index (Phi) is 4.57. The maximum Gasteiger partial charge on any atom is 0.332 e. The minimum absolute atomic E-state index is 0.0692. The molecular weight excluding hydrogens is 394 g/mol. The van der Waals surface area contributed by atoms with Crippen LogP contribution in [-0.4, -0.2) is 39.8 Å². The number of nitrogens with two attached hydrogens (primary N) is 1. The first-order valence-electron chi connectivity index (χ1n) is 10.2. The first-order chi connectivity index (χ1) is 14.4. The SMILES string of the molecule is CC(=O)N1CC(C)(C)c2ccc(N3C(=O)N(Cc4ccnc(N)c4)C(C)(C)C3=O)cc21. The van der Waals surface area contributed by atoms with E-state index in [1.54, 1.807) is 49.2 Å². The fraction of sp³-hybridized carbons (Fsp3) is 0.391. The van der Waals surface area contributed by atoms with Gasteiger partial charge in [0.25, 0.3) is 5.91 Å². The monoisotopic (exact) mass is 421 g/mol. The summed E-state index contributed by atoms with van der Waals surface area (Å²) < 4.78 is 0. The zero-order valence-corrected chi connectivity index (χ0v) is 18.5. The number of anilines is 3. The number of nitrogens with zero attached hydrogens (tertiary/aromatic N) is 4. The standard InChI is InChI=1S/C23H27N5O3/c1-14(29)26-13-22(2,3)17-7-6-16(11-18(17)26)28-20(30)23(4,5)27(21(28)31)12-15-8-9-25-19(24)10-15/h6-11H,12-13H2,1-5H3,(H2,24,25). The smallest absolute Gasteiger partial charge is 0.332 e. The van der Waals surface area contributed by atoms with E-state index in [0.717, 1.165) is 16.8 Å². The molecule has 0 atom stereocenters. The Hall–Kier alpha value is -3.42. The van der Waals surface area contributed by atoms with Gasteiger partial charge in [-0.25, -0.2) is 14.7 Å². The first kappa shape index (κ1) is 20.8. The van der Waals surface area contributed by atoms with Crippen LogP contribution in [0, 0.1) is 0 Å². The van der Waals surface area contributed by atoms with Gasteiger partial charge in [0, 0.05) is 37.3 Å². The van der Waals surface area contributed by atoms with Crippen molar-refractivity contribution in [2.75, 3.05) is 22.1 Å². The van der Waals surface area contributed by atoms with Crippen LogP contribution in [0.25, 0.3) is 0 Å².